The van der Waals surface area contributed by atoms with Gasteiger partial charge in [0.2, 0.25) is 17.7 Å². The van der Waals surface area contributed by atoms with Gasteiger partial charge in [-0.25, -0.2) is 0 Å². The molecule has 0 saturated carbocycles. The van der Waals surface area contributed by atoms with Gasteiger partial charge in [0, 0.05) is 16.1 Å². The van der Waals surface area contributed by atoms with Crippen molar-refractivity contribution < 1.29 is 24.2 Å². The number of fused-ring (bicyclic) bond motifs is 2. The van der Waals surface area contributed by atoms with Gasteiger partial charge in [-0.1, -0.05) is 60.7 Å². The first kappa shape index (κ1) is 31.3. The second-order valence-electron chi connectivity index (χ2n) is 13.0. The summed E-state index contributed by atoms with van der Waals surface area (Å²) in [4.78, 5) is 45.1. The van der Waals surface area contributed by atoms with Crippen LogP contribution in [0.1, 0.15) is 32.3 Å². The van der Waals surface area contributed by atoms with Crippen LogP contribution in [0.3, 0.4) is 0 Å². The van der Waals surface area contributed by atoms with Gasteiger partial charge in [-0.2, -0.15) is 0 Å². The molecule has 47 heavy (non-hydrogen) atoms. The van der Waals surface area contributed by atoms with Crippen LogP contribution in [0.2, 0.25) is 0 Å². The number of anilines is 2. The Morgan fingerprint density at radius 3 is 2.32 bits per heavy atom. The fraction of sp³-hybridized carbons (Fsp3) is 0.342. The maximum atomic E-state index is 14.8. The molecule has 242 valence electrons. The SMILES string of the molecule is CCOc1ccc(NC(=O)[C@@H]2[C@H]3C(=O)N([C@@H](CO)Cc4ccccc4)C(C(=O)Nc4ccc5ccccc5c4)C34CC[C@@]2(C)S4)cc1. The van der Waals surface area contributed by atoms with Crippen LogP contribution in [0.25, 0.3) is 10.8 Å². The molecule has 4 aromatic rings. The molecule has 3 aliphatic heterocycles. The zero-order chi connectivity index (χ0) is 32.8. The number of hydrogen-bond acceptors (Lipinski definition) is 6. The Kier molecular flexibility index (Phi) is 8.22. The van der Waals surface area contributed by atoms with Crippen molar-refractivity contribution in [3.63, 3.8) is 0 Å². The molecule has 0 aliphatic carbocycles. The quantitative estimate of drug-likeness (QED) is 0.198. The Balaban J connectivity index is 1.24. The predicted molar refractivity (Wildman–Crippen MR) is 185 cm³/mol. The average molecular weight is 650 g/mol. The standard InChI is InChI=1S/C38H39N3O5S/c1-3-46-30-17-15-27(16-18-30)39-34(43)31-32-36(45)41(29(23-42)21-24-9-5-4-6-10-24)33(38(32)20-19-37(31,2)47-38)35(44)40-28-14-13-25-11-7-8-12-26(25)22-28/h4-18,22,29,31-33,42H,3,19-21,23H2,1-2H3,(H,39,43)(H,40,44)/t29-,31+,32+,33?,37-,38?/m1/s1. The van der Waals surface area contributed by atoms with E-state index in [1.165, 1.54) is 0 Å². The molecule has 9 heteroatoms. The molecule has 2 bridgehead atoms. The number of aliphatic hydroxyl groups excluding tert-OH is 1. The van der Waals surface area contributed by atoms with Crippen molar-refractivity contribution in [3.8, 4) is 5.75 Å². The third kappa shape index (κ3) is 5.45. The van der Waals surface area contributed by atoms with Crippen LogP contribution in [-0.4, -0.2) is 62.5 Å². The summed E-state index contributed by atoms with van der Waals surface area (Å²) in [6.45, 7) is 4.20. The van der Waals surface area contributed by atoms with Gasteiger partial charge in [0.25, 0.3) is 0 Å². The summed E-state index contributed by atoms with van der Waals surface area (Å²) < 4.78 is 4.20. The normalized spacial score (nSPS) is 26.7. The van der Waals surface area contributed by atoms with E-state index >= 15 is 0 Å². The van der Waals surface area contributed by atoms with Crippen molar-refractivity contribution in [1.29, 1.82) is 0 Å². The summed E-state index contributed by atoms with van der Waals surface area (Å²) in [6.07, 6.45) is 1.70. The largest absolute Gasteiger partial charge is 0.494 e. The Morgan fingerprint density at radius 2 is 1.60 bits per heavy atom. The second-order valence-corrected chi connectivity index (χ2v) is 14.9. The van der Waals surface area contributed by atoms with Crippen LogP contribution in [0, 0.1) is 11.8 Å². The number of carbonyl (C=O) groups excluding carboxylic acids is 3. The number of aliphatic hydroxyl groups is 1. The summed E-state index contributed by atoms with van der Waals surface area (Å²) in [6, 6.07) is 29.1. The van der Waals surface area contributed by atoms with Crippen LogP contribution in [0.4, 0.5) is 11.4 Å². The molecular formula is C38H39N3O5S. The number of thioether (sulfide) groups is 1. The molecule has 3 heterocycles. The van der Waals surface area contributed by atoms with E-state index in [1.807, 2.05) is 91.9 Å². The summed E-state index contributed by atoms with van der Waals surface area (Å²) in [5, 5.41) is 19.0. The van der Waals surface area contributed by atoms with Crippen molar-refractivity contribution >= 4 is 51.6 Å². The van der Waals surface area contributed by atoms with E-state index in [2.05, 4.69) is 17.6 Å². The first-order chi connectivity index (χ1) is 22.8. The van der Waals surface area contributed by atoms with Gasteiger partial charge in [0.15, 0.2) is 0 Å². The van der Waals surface area contributed by atoms with Crippen molar-refractivity contribution in [2.45, 2.75) is 54.7 Å². The third-order valence-corrected chi connectivity index (χ3v) is 12.1. The van der Waals surface area contributed by atoms with Gasteiger partial charge >= 0.3 is 0 Å². The molecule has 1 spiro atoms. The Labute approximate surface area is 278 Å². The fourth-order valence-corrected chi connectivity index (χ4v) is 10.4. The number of benzene rings is 4. The van der Waals surface area contributed by atoms with Gasteiger partial charge in [0.1, 0.15) is 11.8 Å². The van der Waals surface area contributed by atoms with E-state index in [0.717, 1.165) is 16.3 Å². The number of ether oxygens (including phenoxy) is 1. The maximum Gasteiger partial charge on any atom is 0.248 e. The van der Waals surface area contributed by atoms with Gasteiger partial charge in [0.05, 0.1) is 35.8 Å². The molecule has 3 N–H and O–H groups in total. The van der Waals surface area contributed by atoms with Crippen LogP contribution in [0.5, 0.6) is 5.75 Å². The molecule has 3 amide bonds. The minimum Gasteiger partial charge on any atom is -0.494 e. The maximum absolute atomic E-state index is 14.8. The molecule has 4 aromatic carbocycles. The molecule has 0 aromatic heterocycles. The third-order valence-electron chi connectivity index (χ3n) is 10.1. The molecular weight excluding hydrogens is 611 g/mol. The molecule has 8 nitrogen and oxygen atoms in total. The minimum atomic E-state index is -0.873. The van der Waals surface area contributed by atoms with E-state index in [-0.39, 0.29) is 24.3 Å². The fourth-order valence-electron chi connectivity index (χ4n) is 8.09. The Morgan fingerprint density at radius 1 is 0.915 bits per heavy atom. The second kappa shape index (κ2) is 12.4. The van der Waals surface area contributed by atoms with Gasteiger partial charge < -0.3 is 25.4 Å². The average Bonchev–Trinajstić information content (AvgIpc) is 3.65. The zero-order valence-electron chi connectivity index (χ0n) is 26.5. The van der Waals surface area contributed by atoms with Crippen LogP contribution in [0.15, 0.2) is 97.1 Å². The van der Waals surface area contributed by atoms with E-state index in [0.29, 0.717) is 43.0 Å². The molecule has 2 unspecified atom stereocenters. The first-order valence-electron chi connectivity index (χ1n) is 16.3. The highest BCUT2D eigenvalue weighted by atomic mass is 32.2. The van der Waals surface area contributed by atoms with E-state index in [9.17, 15) is 19.5 Å². The lowest BCUT2D eigenvalue weighted by atomic mass is 9.66. The highest BCUT2D eigenvalue weighted by molar-refractivity contribution is 8.02. The summed E-state index contributed by atoms with van der Waals surface area (Å²) >= 11 is 1.61. The predicted octanol–water partition coefficient (Wildman–Crippen LogP) is 5.90. The van der Waals surface area contributed by atoms with Crippen LogP contribution < -0.4 is 15.4 Å². The smallest absolute Gasteiger partial charge is 0.248 e. The summed E-state index contributed by atoms with van der Waals surface area (Å²) in [5.41, 5.74) is 2.21. The van der Waals surface area contributed by atoms with Gasteiger partial charge in [-0.05, 0) is 85.8 Å². The highest BCUT2D eigenvalue weighted by Gasteiger charge is 2.77. The van der Waals surface area contributed by atoms with Gasteiger partial charge in [-0.15, -0.1) is 11.8 Å². The number of amides is 3. The summed E-state index contributed by atoms with van der Waals surface area (Å²) in [5.74, 6) is -1.44. The lowest BCUT2D eigenvalue weighted by Crippen LogP contribution is -2.55. The lowest BCUT2D eigenvalue weighted by molar-refractivity contribution is -0.141. The minimum absolute atomic E-state index is 0.233. The number of rotatable bonds is 10. The molecule has 0 radical (unpaired) electrons. The number of carbonyl (C=O) groups is 3. The van der Waals surface area contributed by atoms with Crippen LogP contribution in [-0.2, 0) is 20.8 Å². The van der Waals surface area contributed by atoms with Crippen molar-refractivity contribution in [2.24, 2.45) is 11.8 Å². The Hall–Kier alpha value is -4.34. The van der Waals surface area contributed by atoms with E-state index < -0.39 is 33.4 Å². The van der Waals surface area contributed by atoms with Crippen molar-refractivity contribution in [3.05, 3.63) is 103 Å². The monoisotopic (exact) mass is 649 g/mol. The number of nitrogens with zero attached hydrogens (tertiary/aromatic N) is 1. The number of likely N-dealkylation sites (tertiary alicyclic amines) is 1. The topological polar surface area (TPSA) is 108 Å². The molecule has 3 aliphatic rings. The van der Waals surface area contributed by atoms with E-state index in [4.69, 9.17) is 4.74 Å². The summed E-state index contributed by atoms with van der Waals surface area (Å²) in [7, 11) is 0. The molecule has 6 atom stereocenters. The van der Waals surface area contributed by atoms with Gasteiger partial charge in [-0.3, -0.25) is 14.4 Å². The Bertz CT molecular complexity index is 1820. The molecule has 3 saturated heterocycles. The van der Waals surface area contributed by atoms with Crippen LogP contribution >= 0.6 is 11.8 Å². The molecule has 3 fully saturated rings. The first-order valence-corrected chi connectivity index (χ1v) is 17.1. The number of nitrogens with one attached hydrogen (secondary N) is 2. The number of hydrogen-bond donors (Lipinski definition) is 3. The van der Waals surface area contributed by atoms with E-state index in [1.54, 1.807) is 28.8 Å². The lowest BCUT2D eigenvalue weighted by Gasteiger charge is -2.37. The van der Waals surface area contributed by atoms with Crippen molar-refractivity contribution in [2.75, 3.05) is 23.8 Å². The van der Waals surface area contributed by atoms with Crippen molar-refractivity contribution in [1.82, 2.24) is 4.90 Å². The molecule has 7 rings (SSSR count). The highest BCUT2D eigenvalue weighted by Crippen LogP contribution is 2.71. The zero-order valence-corrected chi connectivity index (χ0v) is 27.3.